The molecule has 20 heavy (non-hydrogen) atoms. The molecule has 1 aromatic heterocycles. The topological polar surface area (TPSA) is 20.7 Å². The normalized spacial score (nSPS) is 11.2. The van der Waals surface area contributed by atoms with Crippen LogP contribution in [0.5, 0.6) is 0 Å². The van der Waals surface area contributed by atoms with Gasteiger partial charge in [-0.3, -0.25) is 4.57 Å². The molecule has 0 atom stereocenters. The van der Waals surface area contributed by atoms with Crippen molar-refractivity contribution in [1.29, 1.82) is 0 Å². The molecule has 0 fully saturated rings. The third kappa shape index (κ3) is 2.08. The van der Waals surface area contributed by atoms with Gasteiger partial charge >= 0.3 is 0 Å². The molecule has 0 bridgehead atoms. The molecular weight excluding hydrogens is 370 g/mol. The van der Waals surface area contributed by atoms with Crippen LogP contribution in [0.15, 0.2) is 34.8 Å². The molecule has 2 nitrogen and oxygen atoms in total. The van der Waals surface area contributed by atoms with Gasteiger partial charge in [0.2, 0.25) is 0 Å². The predicted molar refractivity (Wildman–Crippen MR) is 81.1 cm³/mol. The van der Waals surface area contributed by atoms with E-state index in [-0.39, 0.29) is 15.5 Å². The first-order valence-electron chi connectivity index (χ1n) is 5.53. The summed E-state index contributed by atoms with van der Waals surface area (Å²) in [6.45, 7) is 0. The van der Waals surface area contributed by atoms with E-state index in [1.807, 2.05) is 0 Å². The Hall–Kier alpha value is -1.24. The monoisotopic (exact) mass is 374 g/mol. The Bertz CT molecular complexity index is 868. The fourth-order valence-corrected chi connectivity index (χ4v) is 3.01. The highest BCUT2D eigenvalue weighted by atomic mass is 79.9. The maximum Gasteiger partial charge on any atom is 0.182 e. The van der Waals surface area contributed by atoms with Crippen LogP contribution in [0.25, 0.3) is 16.7 Å². The molecule has 0 unspecified atom stereocenters. The maximum absolute atomic E-state index is 14.1. The Morgan fingerprint density at radius 1 is 1.20 bits per heavy atom. The van der Waals surface area contributed by atoms with E-state index in [0.717, 1.165) is 0 Å². The van der Waals surface area contributed by atoms with Gasteiger partial charge in [-0.1, -0.05) is 17.7 Å². The van der Waals surface area contributed by atoms with Crippen LogP contribution in [0.3, 0.4) is 0 Å². The van der Waals surface area contributed by atoms with Crippen LogP contribution in [-0.2, 0) is 0 Å². The molecule has 1 N–H and O–H groups in total. The molecule has 7 heteroatoms. The zero-order valence-corrected chi connectivity index (χ0v) is 12.9. The maximum atomic E-state index is 14.1. The molecule has 0 saturated heterocycles. The molecule has 0 aliphatic carbocycles. The van der Waals surface area contributed by atoms with Crippen LogP contribution in [-0.4, -0.2) is 9.55 Å². The zero-order chi connectivity index (χ0) is 14.4. The molecule has 0 saturated carbocycles. The smallest absolute Gasteiger partial charge is 0.182 e. The second-order valence-electron chi connectivity index (χ2n) is 4.12. The second kappa shape index (κ2) is 4.95. The molecule has 0 spiro atoms. The van der Waals surface area contributed by atoms with Gasteiger partial charge in [0, 0.05) is 10.5 Å². The summed E-state index contributed by atoms with van der Waals surface area (Å²) in [5.41, 5.74) is 1.18. The van der Waals surface area contributed by atoms with E-state index in [4.69, 9.17) is 23.8 Å². The van der Waals surface area contributed by atoms with E-state index in [1.165, 1.54) is 22.8 Å². The van der Waals surface area contributed by atoms with Crippen LogP contribution in [0.4, 0.5) is 8.78 Å². The summed E-state index contributed by atoms with van der Waals surface area (Å²) in [4.78, 5) is 2.89. The van der Waals surface area contributed by atoms with Gasteiger partial charge in [-0.2, -0.15) is 0 Å². The van der Waals surface area contributed by atoms with Crippen molar-refractivity contribution in [1.82, 2.24) is 9.55 Å². The average Bonchev–Trinajstić information content (AvgIpc) is 2.67. The highest BCUT2D eigenvalue weighted by molar-refractivity contribution is 9.10. The van der Waals surface area contributed by atoms with Crippen LogP contribution < -0.4 is 0 Å². The van der Waals surface area contributed by atoms with Gasteiger partial charge < -0.3 is 4.98 Å². The van der Waals surface area contributed by atoms with E-state index in [2.05, 4.69) is 20.9 Å². The van der Waals surface area contributed by atoms with Crippen LogP contribution >= 0.6 is 39.7 Å². The molecular formula is C13H6BrClF2N2S. The first kappa shape index (κ1) is 13.7. The van der Waals surface area contributed by atoms with Gasteiger partial charge in [0.25, 0.3) is 0 Å². The van der Waals surface area contributed by atoms with E-state index in [1.54, 1.807) is 12.1 Å². The van der Waals surface area contributed by atoms with Crippen molar-refractivity contribution in [3.8, 4) is 5.69 Å². The minimum absolute atomic E-state index is 0.0199. The second-order valence-corrected chi connectivity index (χ2v) is 5.77. The molecule has 102 valence electrons. The van der Waals surface area contributed by atoms with Crippen molar-refractivity contribution in [2.24, 2.45) is 0 Å². The fourth-order valence-electron chi connectivity index (χ4n) is 2.03. The van der Waals surface area contributed by atoms with Gasteiger partial charge in [-0.05, 0) is 46.3 Å². The van der Waals surface area contributed by atoms with Gasteiger partial charge in [-0.25, -0.2) is 8.78 Å². The number of para-hydroxylation sites is 1. The van der Waals surface area contributed by atoms with Gasteiger partial charge in [0.1, 0.15) is 11.6 Å². The van der Waals surface area contributed by atoms with Crippen molar-refractivity contribution in [2.75, 3.05) is 0 Å². The highest BCUT2D eigenvalue weighted by Crippen LogP contribution is 2.30. The number of hydrogen-bond donors (Lipinski definition) is 1. The molecule has 1 heterocycles. The molecule has 0 aliphatic heterocycles. The van der Waals surface area contributed by atoms with Crippen LogP contribution in [0, 0.1) is 16.4 Å². The van der Waals surface area contributed by atoms with Crippen molar-refractivity contribution >= 4 is 50.8 Å². The predicted octanol–water partition coefficient (Wildman–Crippen LogP) is 5.38. The van der Waals surface area contributed by atoms with Crippen molar-refractivity contribution < 1.29 is 8.78 Å². The molecule has 0 aliphatic rings. The highest BCUT2D eigenvalue weighted by Gasteiger charge is 2.15. The number of H-pyrrole nitrogens is 1. The average molecular weight is 376 g/mol. The van der Waals surface area contributed by atoms with E-state index in [9.17, 15) is 8.78 Å². The minimum Gasteiger partial charge on any atom is -0.330 e. The number of halogens is 4. The van der Waals surface area contributed by atoms with Gasteiger partial charge in [-0.15, -0.1) is 0 Å². The number of nitrogens with one attached hydrogen (secondary N) is 1. The Morgan fingerprint density at radius 3 is 2.65 bits per heavy atom. The lowest BCUT2D eigenvalue weighted by Gasteiger charge is -2.08. The summed E-state index contributed by atoms with van der Waals surface area (Å²) in [6.07, 6.45) is 0. The molecule has 2 aromatic carbocycles. The van der Waals surface area contributed by atoms with Crippen LogP contribution in [0.1, 0.15) is 0 Å². The molecule has 3 aromatic rings. The largest absolute Gasteiger partial charge is 0.330 e. The van der Waals surface area contributed by atoms with Crippen molar-refractivity contribution in [3.05, 3.63) is 56.2 Å². The van der Waals surface area contributed by atoms with E-state index < -0.39 is 11.6 Å². The number of aromatic amines is 1. The lowest BCUT2D eigenvalue weighted by atomic mass is 10.2. The molecule has 0 amide bonds. The first-order valence-corrected chi connectivity index (χ1v) is 7.11. The number of imidazole rings is 1. The Kier molecular flexibility index (Phi) is 3.40. The summed E-state index contributed by atoms with van der Waals surface area (Å²) < 4.78 is 29.9. The Balaban J connectivity index is 2.46. The van der Waals surface area contributed by atoms with Crippen molar-refractivity contribution in [2.45, 2.75) is 0 Å². The Labute approximate surface area is 131 Å². The summed E-state index contributed by atoms with van der Waals surface area (Å²) in [6, 6.07) is 7.22. The Morgan fingerprint density at radius 2 is 1.95 bits per heavy atom. The number of fused-ring (bicyclic) bond motifs is 1. The lowest BCUT2D eigenvalue weighted by molar-refractivity contribution is 0.616. The van der Waals surface area contributed by atoms with Crippen LogP contribution in [0.2, 0.25) is 5.02 Å². The third-order valence-corrected chi connectivity index (χ3v) is 4.10. The molecule has 0 radical (unpaired) electrons. The van der Waals surface area contributed by atoms with Gasteiger partial charge in [0.15, 0.2) is 4.77 Å². The molecule has 3 rings (SSSR count). The third-order valence-electron chi connectivity index (χ3n) is 2.89. The fraction of sp³-hybridized carbons (Fsp3) is 0. The number of benzene rings is 2. The summed E-state index contributed by atoms with van der Waals surface area (Å²) in [7, 11) is 0. The SMILES string of the molecule is Fc1cc2c(cc1Cl)[nH]c(=S)n2-c1c(F)cccc1Br. The standard InChI is InChI=1S/C13H6BrClF2N2S/c14-6-2-1-3-8(16)12(6)19-11-5-9(17)7(15)4-10(11)18-13(19)20/h1-5H,(H,18,20). The number of nitrogens with zero attached hydrogens (tertiary/aromatic N) is 1. The van der Waals surface area contributed by atoms with E-state index >= 15 is 0 Å². The number of rotatable bonds is 1. The summed E-state index contributed by atoms with van der Waals surface area (Å²) in [5.74, 6) is -1.05. The lowest BCUT2D eigenvalue weighted by Crippen LogP contribution is -1.99. The summed E-state index contributed by atoms with van der Waals surface area (Å²) in [5, 5.41) is -0.0199. The van der Waals surface area contributed by atoms with Crippen molar-refractivity contribution in [3.63, 3.8) is 0 Å². The first-order chi connectivity index (χ1) is 9.49. The zero-order valence-electron chi connectivity index (χ0n) is 9.75. The summed E-state index contributed by atoms with van der Waals surface area (Å²) >= 11 is 14.2. The van der Waals surface area contributed by atoms with Gasteiger partial charge in [0.05, 0.1) is 21.7 Å². The number of hydrogen-bond acceptors (Lipinski definition) is 1. The quantitative estimate of drug-likeness (QED) is 0.566. The van der Waals surface area contributed by atoms with E-state index in [0.29, 0.717) is 15.5 Å². The minimum atomic E-state index is -0.589. The number of aromatic nitrogens is 2.